The molecule has 0 aromatic carbocycles. The summed E-state index contributed by atoms with van der Waals surface area (Å²) in [6, 6.07) is 0. The molecule has 1 amide bonds. The second-order valence-corrected chi connectivity index (χ2v) is 4.70. The number of amides is 1. The molecule has 1 N–H and O–H groups in total. The average molecular weight is 183 g/mol. The van der Waals surface area contributed by atoms with Gasteiger partial charge >= 0.3 is 0 Å². The van der Waals surface area contributed by atoms with Gasteiger partial charge in [-0.15, -0.1) is 0 Å². The van der Waals surface area contributed by atoms with Gasteiger partial charge in [0, 0.05) is 24.9 Å². The molecule has 74 valence electrons. The van der Waals surface area contributed by atoms with E-state index in [2.05, 4.69) is 6.92 Å². The zero-order chi connectivity index (χ0) is 9.64. The molecule has 0 radical (unpaired) electrons. The van der Waals surface area contributed by atoms with E-state index in [-0.39, 0.29) is 17.6 Å². The fourth-order valence-electron chi connectivity index (χ4n) is 2.89. The third-order valence-electron chi connectivity index (χ3n) is 3.67. The molecule has 3 atom stereocenters. The van der Waals surface area contributed by atoms with Gasteiger partial charge in [-0.1, -0.05) is 0 Å². The van der Waals surface area contributed by atoms with Crippen LogP contribution >= 0.6 is 0 Å². The molecule has 2 bridgehead atoms. The molecule has 2 fully saturated rings. The molecule has 1 aliphatic heterocycles. The van der Waals surface area contributed by atoms with Gasteiger partial charge in [0.05, 0.1) is 6.10 Å². The second-order valence-electron chi connectivity index (χ2n) is 4.70. The molecular weight excluding hydrogens is 166 g/mol. The monoisotopic (exact) mass is 183 g/mol. The number of rotatable bonds is 0. The number of carbonyl (C=O) groups excluding carboxylic acids is 1. The summed E-state index contributed by atoms with van der Waals surface area (Å²) < 4.78 is 0. The highest BCUT2D eigenvalue weighted by molar-refractivity contribution is 5.74. The zero-order valence-corrected chi connectivity index (χ0v) is 8.29. The molecule has 0 aromatic rings. The van der Waals surface area contributed by atoms with Crippen LogP contribution < -0.4 is 0 Å². The molecule has 1 aliphatic carbocycles. The van der Waals surface area contributed by atoms with Crippen molar-refractivity contribution in [1.82, 2.24) is 4.90 Å². The number of carbonyl (C=O) groups is 1. The minimum Gasteiger partial charge on any atom is -0.393 e. The molecular formula is C10H17NO2. The van der Waals surface area contributed by atoms with Crippen molar-refractivity contribution in [2.45, 2.75) is 44.8 Å². The van der Waals surface area contributed by atoms with Gasteiger partial charge in [0.15, 0.2) is 0 Å². The first kappa shape index (κ1) is 9.00. The van der Waals surface area contributed by atoms with Crippen molar-refractivity contribution in [2.24, 2.45) is 5.92 Å². The van der Waals surface area contributed by atoms with Crippen LogP contribution in [0.1, 0.15) is 33.1 Å². The molecule has 3 unspecified atom stereocenters. The summed E-state index contributed by atoms with van der Waals surface area (Å²) in [5, 5.41) is 9.67. The van der Waals surface area contributed by atoms with Gasteiger partial charge in [0.2, 0.25) is 5.91 Å². The second kappa shape index (κ2) is 2.71. The molecule has 3 nitrogen and oxygen atoms in total. The molecule has 1 saturated heterocycles. The van der Waals surface area contributed by atoms with Crippen LogP contribution in [-0.4, -0.2) is 34.1 Å². The molecule has 0 aromatic heterocycles. The van der Waals surface area contributed by atoms with E-state index in [1.165, 1.54) is 0 Å². The standard InChI is InChI=1S/C10H17NO2/c1-7(12)11-6-8-5-10(11,2)4-3-9(8)13/h8-9,13H,3-6H2,1-2H3. The van der Waals surface area contributed by atoms with Crippen molar-refractivity contribution in [3.05, 3.63) is 0 Å². The lowest BCUT2D eigenvalue weighted by Gasteiger charge is -2.36. The Morgan fingerprint density at radius 2 is 2.31 bits per heavy atom. The predicted octanol–water partition coefficient (Wildman–Crippen LogP) is 0.768. The maximum absolute atomic E-state index is 11.3. The Balaban J connectivity index is 2.22. The summed E-state index contributed by atoms with van der Waals surface area (Å²) in [4.78, 5) is 13.3. The largest absolute Gasteiger partial charge is 0.393 e. The quantitative estimate of drug-likeness (QED) is 0.602. The Kier molecular flexibility index (Phi) is 1.88. The first-order valence-corrected chi connectivity index (χ1v) is 4.99. The maximum Gasteiger partial charge on any atom is 0.219 e. The average Bonchev–Trinajstić information content (AvgIpc) is 2.34. The lowest BCUT2D eigenvalue weighted by Crippen LogP contribution is -2.44. The first-order chi connectivity index (χ1) is 6.03. The molecule has 13 heavy (non-hydrogen) atoms. The van der Waals surface area contributed by atoms with Crippen molar-refractivity contribution in [1.29, 1.82) is 0 Å². The predicted molar refractivity (Wildman–Crippen MR) is 49.1 cm³/mol. The summed E-state index contributed by atoms with van der Waals surface area (Å²) in [7, 11) is 0. The number of hydrogen-bond donors (Lipinski definition) is 1. The van der Waals surface area contributed by atoms with Crippen LogP contribution in [0.5, 0.6) is 0 Å². The van der Waals surface area contributed by atoms with Crippen LogP contribution in [0.2, 0.25) is 0 Å². The summed E-state index contributed by atoms with van der Waals surface area (Å²) in [6.07, 6.45) is 2.60. The van der Waals surface area contributed by atoms with E-state index in [1.807, 2.05) is 4.90 Å². The number of aliphatic hydroxyl groups is 1. The van der Waals surface area contributed by atoms with Crippen molar-refractivity contribution in [3.8, 4) is 0 Å². The van der Waals surface area contributed by atoms with Gasteiger partial charge in [0.25, 0.3) is 0 Å². The Labute approximate surface area is 78.7 Å². The van der Waals surface area contributed by atoms with E-state index in [4.69, 9.17) is 0 Å². The van der Waals surface area contributed by atoms with Crippen molar-refractivity contribution >= 4 is 5.91 Å². The van der Waals surface area contributed by atoms with E-state index in [0.29, 0.717) is 5.92 Å². The molecule has 3 heteroatoms. The Morgan fingerprint density at radius 1 is 1.62 bits per heavy atom. The van der Waals surface area contributed by atoms with Crippen LogP contribution in [0.15, 0.2) is 0 Å². The number of likely N-dealkylation sites (tertiary alicyclic amines) is 1. The maximum atomic E-state index is 11.3. The van der Waals surface area contributed by atoms with E-state index in [9.17, 15) is 9.90 Å². The molecule has 1 saturated carbocycles. The number of aliphatic hydroxyl groups excluding tert-OH is 1. The van der Waals surface area contributed by atoms with Gasteiger partial charge < -0.3 is 10.0 Å². The summed E-state index contributed by atoms with van der Waals surface area (Å²) in [5.41, 5.74) is 0.0374. The SMILES string of the molecule is CC(=O)N1CC2CC1(C)CCC2O. The lowest BCUT2D eigenvalue weighted by atomic mass is 9.79. The van der Waals surface area contributed by atoms with Gasteiger partial charge in [-0.05, 0) is 26.2 Å². The Morgan fingerprint density at radius 3 is 2.85 bits per heavy atom. The Bertz CT molecular complexity index is 241. The normalized spacial score (nSPS) is 43.8. The number of hydrogen-bond acceptors (Lipinski definition) is 2. The summed E-state index contributed by atoms with van der Waals surface area (Å²) >= 11 is 0. The number of fused-ring (bicyclic) bond motifs is 2. The molecule has 2 rings (SSSR count). The fraction of sp³-hybridized carbons (Fsp3) is 0.900. The molecule has 2 aliphatic rings. The number of nitrogens with zero attached hydrogens (tertiary/aromatic N) is 1. The van der Waals surface area contributed by atoms with Crippen molar-refractivity contribution in [2.75, 3.05) is 6.54 Å². The fourth-order valence-corrected chi connectivity index (χ4v) is 2.89. The summed E-state index contributed by atoms with van der Waals surface area (Å²) in [5.74, 6) is 0.474. The van der Waals surface area contributed by atoms with Gasteiger partial charge in [-0.25, -0.2) is 0 Å². The summed E-state index contributed by atoms with van der Waals surface area (Å²) in [6.45, 7) is 4.52. The van der Waals surface area contributed by atoms with E-state index in [0.717, 1.165) is 25.8 Å². The van der Waals surface area contributed by atoms with Gasteiger partial charge in [-0.3, -0.25) is 4.79 Å². The van der Waals surface area contributed by atoms with Crippen LogP contribution in [-0.2, 0) is 4.79 Å². The topological polar surface area (TPSA) is 40.5 Å². The highest BCUT2D eigenvalue weighted by atomic mass is 16.3. The Hall–Kier alpha value is -0.570. The first-order valence-electron chi connectivity index (χ1n) is 4.99. The minimum absolute atomic E-state index is 0.0374. The van der Waals surface area contributed by atoms with Gasteiger partial charge in [0.1, 0.15) is 0 Å². The van der Waals surface area contributed by atoms with E-state index >= 15 is 0 Å². The third kappa shape index (κ3) is 1.26. The van der Waals surface area contributed by atoms with Gasteiger partial charge in [-0.2, -0.15) is 0 Å². The van der Waals surface area contributed by atoms with Crippen LogP contribution in [0.4, 0.5) is 0 Å². The lowest BCUT2D eigenvalue weighted by molar-refractivity contribution is -0.132. The highest BCUT2D eigenvalue weighted by Gasteiger charge is 2.48. The zero-order valence-electron chi connectivity index (χ0n) is 8.29. The van der Waals surface area contributed by atoms with Crippen molar-refractivity contribution in [3.63, 3.8) is 0 Å². The minimum atomic E-state index is -0.183. The van der Waals surface area contributed by atoms with Crippen LogP contribution in [0.3, 0.4) is 0 Å². The van der Waals surface area contributed by atoms with E-state index < -0.39 is 0 Å². The highest BCUT2D eigenvalue weighted by Crippen LogP contribution is 2.43. The van der Waals surface area contributed by atoms with Crippen LogP contribution in [0.25, 0.3) is 0 Å². The van der Waals surface area contributed by atoms with Crippen molar-refractivity contribution < 1.29 is 9.90 Å². The molecule has 0 spiro atoms. The van der Waals surface area contributed by atoms with E-state index in [1.54, 1.807) is 6.92 Å². The smallest absolute Gasteiger partial charge is 0.219 e. The third-order valence-corrected chi connectivity index (χ3v) is 3.67. The molecule has 1 heterocycles. The van der Waals surface area contributed by atoms with Crippen LogP contribution in [0, 0.1) is 5.92 Å².